The van der Waals surface area contributed by atoms with Gasteiger partial charge in [-0.25, -0.2) is 14.2 Å². The van der Waals surface area contributed by atoms with Crippen molar-refractivity contribution in [3.63, 3.8) is 0 Å². The highest BCUT2D eigenvalue weighted by Crippen LogP contribution is 2.26. The first-order valence-corrected chi connectivity index (χ1v) is 15.5. The highest BCUT2D eigenvalue weighted by Gasteiger charge is 2.30. The number of benzene rings is 3. The molecule has 3 aromatic carbocycles. The van der Waals surface area contributed by atoms with Crippen LogP contribution in [0.3, 0.4) is 0 Å². The summed E-state index contributed by atoms with van der Waals surface area (Å²) in [6.45, 7) is 0. The minimum atomic E-state index is -1.29. The summed E-state index contributed by atoms with van der Waals surface area (Å²) in [6, 6.07) is 18.7. The first-order chi connectivity index (χ1) is 22.2. The van der Waals surface area contributed by atoms with Crippen LogP contribution in [-0.2, 0) is 44.9 Å². The molecule has 0 unspecified atom stereocenters. The number of H-pyrrole nitrogens is 1. The van der Waals surface area contributed by atoms with Crippen molar-refractivity contribution in [2.24, 2.45) is 0 Å². The Morgan fingerprint density at radius 3 is 2.15 bits per heavy atom. The Kier molecular flexibility index (Phi) is 10.5. The van der Waals surface area contributed by atoms with E-state index in [9.17, 15) is 28.7 Å². The molecule has 0 aliphatic rings. The summed E-state index contributed by atoms with van der Waals surface area (Å²) in [6.07, 6.45) is 2.97. The van der Waals surface area contributed by atoms with E-state index in [0.717, 1.165) is 21.2 Å². The van der Waals surface area contributed by atoms with E-state index >= 15 is 0 Å². The number of carbonyl (C=O) groups is 4. The van der Waals surface area contributed by atoms with Crippen LogP contribution in [0.2, 0.25) is 0 Å². The third kappa shape index (κ3) is 8.63. The second-order valence-electron chi connectivity index (χ2n) is 10.8. The zero-order valence-corrected chi connectivity index (χ0v) is 25.4. The molecule has 0 spiro atoms. The summed E-state index contributed by atoms with van der Waals surface area (Å²) in [5.41, 5.74) is 2.67. The Bertz CT molecular complexity index is 1790. The fourth-order valence-electron chi connectivity index (χ4n) is 5.07. The van der Waals surface area contributed by atoms with Gasteiger partial charge in [0.25, 0.3) is 0 Å². The van der Waals surface area contributed by atoms with Crippen LogP contribution < -0.4 is 16.0 Å². The number of aromatic nitrogens is 2. The molecule has 0 aliphatic heterocycles. The number of thiophene rings is 1. The highest BCUT2D eigenvalue weighted by atomic mass is 32.1. The Morgan fingerprint density at radius 1 is 0.783 bits per heavy atom. The molecule has 0 fully saturated rings. The van der Waals surface area contributed by atoms with E-state index in [1.807, 2.05) is 35.7 Å². The van der Waals surface area contributed by atoms with Crippen LogP contribution in [0.5, 0.6) is 0 Å². The number of nitrogens with zero attached hydrogens (tertiary/aromatic N) is 1. The second-order valence-corrected chi connectivity index (χ2v) is 11.7. The number of carboxylic acid groups (broad SMARTS) is 1. The Hall–Kier alpha value is -5.36. The van der Waals surface area contributed by atoms with Crippen LogP contribution in [0, 0.1) is 5.82 Å². The predicted molar refractivity (Wildman–Crippen MR) is 171 cm³/mol. The lowest BCUT2D eigenvalue weighted by Gasteiger charge is -2.25. The van der Waals surface area contributed by atoms with Gasteiger partial charge in [-0.15, -0.1) is 11.3 Å². The van der Waals surface area contributed by atoms with E-state index in [1.165, 1.54) is 48.1 Å². The molecule has 2 aromatic heterocycles. The first kappa shape index (κ1) is 32.0. The molecule has 46 heavy (non-hydrogen) atoms. The van der Waals surface area contributed by atoms with Crippen LogP contribution in [0.25, 0.3) is 10.1 Å². The number of hydrogen-bond acceptors (Lipinski definition) is 6. The quantitative estimate of drug-likeness (QED) is 0.125. The Labute approximate surface area is 268 Å². The Balaban J connectivity index is 1.38. The number of aromatic amines is 1. The molecule has 0 saturated heterocycles. The summed E-state index contributed by atoms with van der Waals surface area (Å²) in [5, 5.41) is 20.8. The summed E-state index contributed by atoms with van der Waals surface area (Å²) in [4.78, 5) is 59.5. The molecule has 0 bridgehead atoms. The van der Waals surface area contributed by atoms with Gasteiger partial charge in [0.1, 0.15) is 23.9 Å². The van der Waals surface area contributed by atoms with Crippen molar-refractivity contribution in [2.75, 3.05) is 0 Å². The summed E-state index contributed by atoms with van der Waals surface area (Å²) >= 11 is 1.52. The van der Waals surface area contributed by atoms with Crippen LogP contribution in [0.1, 0.15) is 22.4 Å². The van der Waals surface area contributed by atoms with E-state index in [2.05, 4.69) is 25.9 Å². The lowest BCUT2D eigenvalue weighted by Crippen LogP contribution is -2.57. The van der Waals surface area contributed by atoms with Crippen LogP contribution in [-0.4, -0.2) is 56.9 Å². The molecule has 2 heterocycles. The maximum absolute atomic E-state index is 13.9. The van der Waals surface area contributed by atoms with Crippen molar-refractivity contribution in [1.82, 2.24) is 25.9 Å². The van der Waals surface area contributed by atoms with Crippen LogP contribution in [0.15, 0.2) is 96.8 Å². The topological polar surface area (TPSA) is 153 Å². The number of carbonyl (C=O) groups excluding carboxylic acids is 3. The van der Waals surface area contributed by atoms with Gasteiger partial charge in [-0.1, -0.05) is 60.7 Å². The summed E-state index contributed by atoms with van der Waals surface area (Å²) < 4.78 is 14.4. The lowest BCUT2D eigenvalue weighted by molar-refractivity contribution is -0.142. The van der Waals surface area contributed by atoms with Crippen LogP contribution in [0.4, 0.5) is 4.39 Å². The van der Waals surface area contributed by atoms with Gasteiger partial charge >= 0.3 is 5.97 Å². The standard InChI is InChI=1S/C34H32FN5O5S/c35-24-12-10-22(11-13-24)15-31(41)38-28(16-23-19-46-30-9-5-4-8-26(23)30)33(43)39-27(14-21-6-2-1-3-7-21)32(42)40-29(34(44)45)17-25-18-36-20-37-25/h1-13,18-20,27-29H,14-17H2,(H,36,37)(H,38,41)(H,39,43)(H,40,42)(H,44,45)/t27-,28+,29+/m1/s1. The number of carboxylic acids is 1. The molecular formula is C34H32FN5O5S. The van der Waals surface area contributed by atoms with Crippen LogP contribution >= 0.6 is 11.3 Å². The van der Waals surface area contributed by atoms with Crippen molar-refractivity contribution in [2.45, 2.75) is 43.8 Å². The van der Waals surface area contributed by atoms with Gasteiger partial charge < -0.3 is 26.0 Å². The minimum absolute atomic E-state index is 0.0413. The minimum Gasteiger partial charge on any atom is -0.480 e. The molecule has 0 radical (unpaired) electrons. The number of fused-ring (bicyclic) bond motifs is 1. The maximum Gasteiger partial charge on any atom is 0.326 e. The molecule has 3 atom stereocenters. The number of hydrogen-bond donors (Lipinski definition) is 5. The van der Waals surface area contributed by atoms with E-state index in [4.69, 9.17) is 0 Å². The van der Waals surface area contributed by atoms with E-state index < -0.39 is 47.6 Å². The molecule has 5 rings (SSSR count). The van der Waals surface area contributed by atoms with Gasteiger partial charge in [0.15, 0.2) is 0 Å². The van der Waals surface area contributed by atoms with Gasteiger partial charge in [0.05, 0.1) is 12.7 Å². The zero-order chi connectivity index (χ0) is 32.5. The monoisotopic (exact) mass is 641 g/mol. The smallest absolute Gasteiger partial charge is 0.326 e. The molecule has 5 N–H and O–H groups in total. The number of nitrogens with one attached hydrogen (secondary N) is 4. The maximum atomic E-state index is 13.9. The highest BCUT2D eigenvalue weighted by molar-refractivity contribution is 7.17. The lowest BCUT2D eigenvalue weighted by atomic mass is 10.0. The van der Waals surface area contributed by atoms with Crippen molar-refractivity contribution < 1.29 is 28.7 Å². The molecule has 5 aromatic rings. The first-order valence-electron chi connectivity index (χ1n) is 14.6. The van der Waals surface area contributed by atoms with E-state index in [-0.39, 0.29) is 25.7 Å². The van der Waals surface area contributed by atoms with Crippen molar-refractivity contribution in [3.8, 4) is 0 Å². The second kappa shape index (κ2) is 15.1. The number of imidazole rings is 1. The van der Waals surface area contributed by atoms with Gasteiger partial charge in [-0.2, -0.15) is 0 Å². The molecule has 236 valence electrons. The van der Waals surface area contributed by atoms with Gasteiger partial charge in [-0.05, 0) is 45.7 Å². The van der Waals surface area contributed by atoms with E-state index in [1.54, 1.807) is 24.3 Å². The molecule has 3 amide bonds. The fraction of sp³-hybridized carbons (Fsp3) is 0.206. The molecule has 12 heteroatoms. The molecule has 0 aliphatic carbocycles. The summed E-state index contributed by atoms with van der Waals surface area (Å²) in [7, 11) is 0. The number of aliphatic carboxylic acids is 1. The number of amides is 3. The molecule has 10 nitrogen and oxygen atoms in total. The van der Waals surface area contributed by atoms with Crippen molar-refractivity contribution in [3.05, 3.63) is 125 Å². The van der Waals surface area contributed by atoms with Crippen molar-refractivity contribution in [1.29, 1.82) is 0 Å². The Morgan fingerprint density at radius 2 is 1.46 bits per heavy atom. The number of rotatable bonds is 14. The van der Waals surface area contributed by atoms with E-state index in [0.29, 0.717) is 11.3 Å². The third-order valence-electron chi connectivity index (χ3n) is 7.42. The molecule has 0 saturated carbocycles. The summed E-state index contributed by atoms with van der Waals surface area (Å²) in [5.74, 6) is -3.44. The van der Waals surface area contributed by atoms with Gasteiger partial charge in [0.2, 0.25) is 17.7 Å². The predicted octanol–water partition coefficient (Wildman–Crippen LogP) is 3.57. The fourth-order valence-corrected chi connectivity index (χ4v) is 6.05. The zero-order valence-electron chi connectivity index (χ0n) is 24.6. The third-order valence-corrected chi connectivity index (χ3v) is 8.44. The average Bonchev–Trinajstić information content (AvgIpc) is 3.72. The largest absolute Gasteiger partial charge is 0.480 e. The molecular weight excluding hydrogens is 609 g/mol. The van der Waals surface area contributed by atoms with Gasteiger partial charge in [0, 0.05) is 35.9 Å². The van der Waals surface area contributed by atoms with Crippen molar-refractivity contribution >= 4 is 45.1 Å². The number of halogens is 1. The normalized spacial score (nSPS) is 13.0. The van der Waals surface area contributed by atoms with Gasteiger partial charge in [-0.3, -0.25) is 14.4 Å². The average molecular weight is 642 g/mol. The SMILES string of the molecule is O=C(Cc1ccc(F)cc1)N[C@@H](Cc1csc2ccccc12)C(=O)N[C@H](Cc1ccccc1)C(=O)N[C@@H](Cc1cnc[nH]1)C(=O)O.